The Labute approximate surface area is 103 Å². The Morgan fingerprint density at radius 2 is 2.17 bits per heavy atom. The van der Waals surface area contributed by atoms with Crippen LogP contribution >= 0.6 is 0 Å². The maximum Gasteiger partial charge on any atom is 0.411 e. The van der Waals surface area contributed by atoms with Crippen LogP contribution < -0.4 is 11.1 Å². The molecule has 0 aliphatic rings. The molecule has 0 aromatic carbocycles. The van der Waals surface area contributed by atoms with E-state index in [1.54, 1.807) is 19.3 Å². The molecule has 1 rings (SSSR count). The van der Waals surface area contributed by atoms with E-state index in [4.69, 9.17) is 5.73 Å². The van der Waals surface area contributed by atoms with Gasteiger partial charge in [0, 0.05) is 11.8 Å². The Balaban J connectivity index is 2.72. The van der Waals surface area contributed by atoms with Crippen molar-refractivity contribution in [2.24, 2.45) is 0 Å². The fourth-order valence-corrected chi connectivity index (χ4v) is 1.65. The molecule has 18 heavy (non-hydrogen) atoms. The van der Waals surface area contributed by atoms with Crippen molar-refractivity contribution in [3.8, 4) is 0 Å². The molecule has 0 bridgehead atoms. The Morgan fingerprint density at radius 1 is 1.50 bits per heavy atom. The first kappa shape index (κ1) is 14.7. The first-order valence-electron chi connectivity index (χ1n) is 5.38. The second-order valence-corrected chi connectivity index (χ2v) is 3.90. The molecule has 0 aliphatic carbocycles. The fraction of sp³-hybridized carbons (Fsp3) is 0.545. The summed E-state index contributed by atoms with van der Waals surface area (Å²) in [5, 5.41) is 2.87. The number of aryl methyl sites for hydroxylation is 1. The number of nitrogens with zero attached hydrogens (tertiary/aromatic N) is 1. The lowest BCUT2D eigenvalue weighted by Gasteiger charge is -2.20. The maximum absolute atomic E-state index is 12.0. The third-order valence-corrected chi connectivity index (χ3v) is 2.49. The Bertz CT molecular complexity index is 375. The van der Waals surface area contributed by atoms with Gasteiger partial charge in [-0.05, 0) is 25.6 Å². The number of hydrogen-bond donors (Lipinski definition) is 2. The Hall–Kier alpha value is -1.34. The second kappa shape index (κ2) is 6.01. The molecule has 1 unspecified atom stereocenters. The molecule has 0 amide bonds. The molecule has 3 N–H and O–H groups in total. The zero-order valence-electron chi connectivity index (χ0n) is 10.2. The minimum atomic E-state index is -4.33. The van der Waals surface area contributed by atoms with Crippen molar-refractivity contribution in [3.63, 3.8) is 0 Å². The van der Waals surface area contributed by atoms with E-state index in [9.17, 15) is 13.2 Å². The van der Waals surface area contributed by atoms with Crippen molar-refractivity contribution in [3.05, 3.63) is 23.4 Å². The van der Waals surface area contributed by atoms with E-state index < -0.39 is 18.8 Å². The van der Waals surface area contributed by atoms with E-state index in [-0.39, 0.29) is 6.61 Å². The molecule has 1 atom stereocenters. The van der Waals surface area contributed by atoms with Gasteiger partial charge in [0.1, 0.15) is 12.4 Å². The van der Waals surface area contributed by atoms with Gasteiger partial charge in [-0.3, -0.25) is 0 Å². The van der Waals surface area contributed by atoms with Gasteiger partial charge in [-0.15, -0.1) is 0 Å². The molecular weight excluding hydrogens is 247 g/mol. The van der Waals surface area contributed by atoms with E-state index in [2.05, 4.69) is 15.0 Å². The number of rotatable bonds is 5. The number of nitrogens with one attached hydrogen (secondary N) is 1. The van der Waals surface area contributed by atoms with E-state index in [0.717, 1.165) is 5.56 Å². The quantitative estimate of drug-likeness (QED) is 0.850. The smallest absolute Gasteiger partial charge is 0.383 e. The number of halogens is 3. The van der Waals surface area contributed by atoms with Gasteiger partial charge in [-0.2, -0.15) is 13.2 Å². The van der Waals surface area contributed by atoms with Gasteiger partial charge < -0.3 is 15.8 Å². The zero-order valence-corrected chi connectivity index (χ0v) is 10.2. The highest BCUT2D eigenvalue weighted by atomic mass is 19.4. The normalized spacial score (nSPS) is 13.6. The second-order valence-electron chi connectivity index (χ2n) is 3.90. The highest BCUT2D eigenvalue weighted by molar-refractivity contribution is 5.46. The Kier molecular flexibility index (Phi) is 4.92. The summed E-state index contributed by atoms with van der Waals surface area (Å²) in [5.74, 6) is 0.296. The van der Waals surface area contributed by atoms with Crippen LogP contribution in [0.1, 0.15) is 17.2 Å². The molecule has 1 heterocycles. The molecule has 1 aromatic heterocycles. The van der Waals surface area contributed by atoms with E-state index in [1.807, 2.05) is 6.92 Å². The molecule has 4 nitrogen and oxygen atoms in total. The lowest BCUT2D eigenvalue weighted by atomic mass is 10.0. The van der Waals surface area contributed by atoms with Crippen LogP contribution in [-0.2, 0) is 4.74 Å². The third kappa shape index (κ3) is 4.15. The molecule has 0 saturated heterocycles. The maximum atomic E-state index is 12.0. The molecule has 0 aliphatic heterocycles. The first-order chi connectivity index (χ1) is 8.35. The average Bonchev–Trinajstić information content (AvgIpc) is 2.25. The van der Waals surface area contributed by atoms with Crippen LogP contribution in [0.4, 0.5) is 19.0 Å². The Morgan fingerprint density at radius 3 is 2.67 bits per heavy atom. The number of anilines is 1. The predicted octanol–water partition coefficient (Wildman–Crippen LogP) is 1.81. The molecular formula is C11H16F3N3O. The van der Waals surface area contributed by atoms with E-state index in [0.29, 0.717) is 11.4 Å². The number of hydrogen-bond acceptors (Lipinski definition) is 4. The molecule has 102 valence electrons. The number of aromatic nitrogens is 1. The van der Waals surface area contributed by atoms with Crippen LogP contribution in [0, 0.1) is 6.92 Å². The standard InChI is InChI=1S/C11H16F3N3O/c1-7-3-4-17-10(15)9(7)8(16-2)5-18-6-11(12,13)14/h3-4,8,16H,5-6H2,1-2H3,(H2,15,17). The SMILES string of the molecule is CNC(COCC(F)(F)F)c1c(C)ccnc1N. The van der Waals surface area contributed by atoms with E-state index >= 15 is 0 Å². The molecule has 0 radical (unpaired) electrons. The fourth-order valence-electron chi connectivity index (χ4n) is 1.65. The lowest BCUT2D eigenvalue weighted by Crippen LogP contribution is -2.27. The van der Waals surface area contributed by atoms with Gasteiger partial charge in [0.2, 0.25) is 0 Å². The summed E-state index contributed by atoms with van der Waals surface area (Å²) >= 11 is 0. The van der Waals surface area contributed by atoms with Crippen LogP contribution in [0.2, 0.25) is 0 Å². The largest absolute Gasteiger partial charge is 0.411 e. The van der Waals surface area contributed by atoms with Gasteiger partial charge in [0.25, 0.3) is 0 Å². The zero-order chi connectivity index (χ0) is 13.8. The number of ether oxygens (including phenoxy) is 1. The number of nitrogen functional groups attached to an aromatic ring is 1. The monoisotopic (exact) mass is 263 g/mol. The average molecular weight is 263 g/mol. The highest BCUT2D eigenvalue weighted by Crippen LogP contribution is 2.23. The summed E-state index contributed by atoms with van der Waals surface area (Å²) in [4.78, 5) is 3.93. The topological polar surface area (TPSA) is 60.2 Å². The third-order valence-electron chi connectivity index (χ3n) is 2.49. The van der Waals surface area contributed by atoms with Crippen LogP contribution in [0.3, 0.4) is 0 Å². The van der Waals surface area contributed by atoms with Gasteiger partial charge in [0.05, 0.1) is 12.6 Å². The van der Waals surface area contributed by atoms with Crippen molar-refractivity contribution in [1.82, 2.24) is 10.3 Å². The minimum absolute atomic E-state index is 0.118. The lowest BCUT2D eigenvalue weighted by molar-refractivity contribution is -0.175. The van der Waals surface area contributed by atoms with Crippen LogP contribution in [0.5, 0.6) is 0 Å². The van der Waals surface area contributed by atoms with Crippen LogP contribution in [-0.4, -0.2) is 31.4 Å². The molecule has 1 aromatic rings. The van der Waals surface area contributed by atoms with Crippen LogP contribution in [0.15, 0.2) is 12.3 Å². The summed E-state index contributed by atoms with van der Waals surface area (Å²) in [7, 11) is 1.63. The first-order valence-corrected chi connectivity index (χ1v) is 5.38. The van der Waals surface area contributed by atoms with Gasteiger partial charge >= 0.3 is 6.18 Å². The summed E-state index contributed by atoms with van der Waals surface area (Å²) in [6.45, 7) is 0.429. The van der Waals surface area contributed by atoms with Gasteiger partial charge in [-0.1, -0.05) is 0 Å². The van der Waals surface area contributed by atoms with Crippen molar-refractivity contribution < 1.29 is 17.9 Å². The summed E-state index contributed by atoms with van der Waals surface area (Å²) in [6, 6.07) is 1.33. The summed E-state index contributed by atoms with van der Waals surface area (Å²) < 4.78 is 40.6. The number of nitrogens with two attached hydrogens (primary N) is 1. The van der Waals surface area contributed by atoms with Crippen molar-refractivity contribution >= 4 is 5.82 Å². The number of likely N-dealkylation sites (N-methyl/N-ethyl adjacent to an activating group) is 1. The summed E-state index contributed by atoms with van der Waals surface area (Å²) in [6.07, 6.45) is -2.77. The molecule has 7 heteroatoms. The van der Waals surface area contributed by atoms with Gasteiger partial charge in [-0.25, -0.2) is 4.98 Å². The summed E-state index contributed by atoms with van der Waals surface area (Å²) in [5.41, 5.74) is 7.25. The number of alkyl halides is 3. The highest BCUT2D eigenvalue weighted by Gasteiger charge is 2.28. The number of pyridine rings is 1. The van der Waals surface area contributed by atoms with Crippen molar-refractivity contribution in [2.75, 3.05) is 26.0 Å². The molecule has 0 spiro atoms. The van der Waals surface area contributed by atoms with Crippen LogP contribution in [0.25, 0.3) is 0 Å². The van der Waals surface area contributed by atoms with Gasteiger partial charge in [0.15, 0.2) is 0 Å². The minimum Gasteiger partial charge on any atom is -0.383 e. The van der Waals surface area contributed by atoms with Crippen molar-refractivity contribution in [1.29, 1.82) is 0 Å². The molecule has 0 fully saturated rings. The predicted molar refractivity (Wildman–Crippen MR) is 62.1 cm³/mol. The van der Waals surface area contributed by atoms with Crippen molar-refractivity contribution in [2.45, 2.75) is 19.1 Å². The van der Waals surface area contributed by atoms with E-state index in [1.165, 1.54) is 0 Å². The molecule has 0 saturated carbocycles.